The monoisotopic (exact) mass is 311 g/mol. The molecule has 0 fully saturated rings. The van der Waals surface area contributed by atoms with Crippen LogP contribution in [0.25, 0.3) is 0 Å². The summed E-state index contributed by atoms with van der Waals surface area (Å²) in [7, 11) is 0. The molecule has 0 heterocycles. The number of aliphatic hydroxyl groups excluding tert-OH is 1. The minimum atomic E-state index is -2.56. The molecule has 0 amide bonds. The summed E-state index contributed by atoms with van der Waals surface area (Å²) in [6.07, 6.45) is -2.56. The van der Waals surface area contributed by atoms with Gasteiger partial charge in [-0.1, -0.05) is 23.2 Å². The van der Waals surface area contributed by atoms with Crippen LogP contribution in [0.15, 0.2) is 18.2 Å². The third-order valence-electron chi connectivity index (χ3n) is 2.42. The van der Waals surface area contributed by atoms with Crippen molar-refractivity contribution in [3.05, 3.63) is 33.8 Å². The third-order valence-corrected chi connectivity index (χ3v) is 3.16. The van der Waals surface area contributed by atoms with Crippen LogP contribution in [0.3, 0.4) is 0 Å². The fourth-order valence-electron chi connectivity index (χ4n) is 1.54. The molecule has 0 saturated heterocycles. The summed E-state index contributed by atoms with van der Waals surface area (Å²) in [6.45, 7) is -1.05. The highest BCUT2D eigenvalue weighted by Crippen LogP contribution is 2.22. The van der Waals surface area contributed by atoms with Gasteiger partial charge in [0.25, 0.3) is 6.43 Å². The third kappa shape index (κ3) is 5.40. The maximum absolute atomic E-state index is 12.3. The van der Waals surface area contributed by atoms with Crippen LogP contribution in [0.1, 0.15) is 10.4 Å². The highest BCUT2D eigenvalue weighted by atomic mass is 35.5. The van der Waals surface area contributed by atoms with Gasteiger partial charge in [-0.25, -0.2) is 8.78 Å². The van der Waals surface area contributed by atoms with E-state index in [0.717, 1.165) is 0 Å². The fraction of sp³-hybridized carbons (Fsp3) is 0.417. The first kappa shape index (κ1) is 16.3. The van der Waals surface area contributed by atoms with Crippen LogP contribution in [0.5, 0.6) is 0 Å². The Morgan fingerprint density at radius 1 is 1.32 bits per heavy atom. The van der Waals surface area contributed by atoms with Gasteiger partial charge in [-0.05, 0) is 18.2 Å². The Morgan fingerprint density at radius 3 is 2.53 bits per heavy atom. The topological polar surface area (TPSA) is 40.5 Å². The first-order valence-electron chi connectivity index (χ1n) is 5.53. The highest BCUT2D eigenvalue weighted by Gasteiger charge is 2.16. The largest absolute Gasteiger partial charge is 0.395 e. The SMILES string of the molecule is O=C(CN(CCO)CC(F)F)c1ccc(Cl)c(Cl)c1. The Balaban J connectivity index is 2.72. The molecule has 106 valence electrons. The number of hydrogen-bond acceptors (Lipinski definition) is 3. The van der Waals surface area contributed by atoms with Crippen molar-refractivity contribution in [2.75, 3.05) is 26.2 Å². The summed E-state index contributed by atoms with van der Waals surface area (Å²) in [5, 5.41) is 9.33. The normalized spacial score (nSPS) is 11.3. The van der Waals surface area contributed by atoms with Crippen molar-refractivity contribution < 1.29 is 18.7 Å². The Hall–Kier alpha value is -0.750. The van der Waals surface area contributed by atoms with E-state index in [1.54, 1.807) is 0 Å². The molecule has 0 aliphatic carbocycles. The average Bonchev–Trinajstić information content (AvgIpc) is 2.32. The van der Waals surface area contributed by atoms with Crippen molar-refractivity contribution >= 4 is 29.0 Å². The first-order chi connectivity index (χ1) is 8.93. The van der Waals surface area contributed by atoms with E-state index in [0.29, 0.717) is 10.6 Å². The van der Waals surface area contributed by atoms with Gasteiger partial charge in [-0.15, -0.1) is 0 Å². The predicted molar refractivity (Wildman–Crippen MR) is 70.3 cm³/mol. The molecule has 0 unspecified atom stereocenters. The van der Waals surface area contributed by atoms with Crippen LogP contribution in [0, 0.1) is 0 Å². The van der Waals surface area contributed by atoms with E-state index >= 15 is 0 Å². The second-order valence-electron chi connectivity index (χ2n) is 3.90. The molecule has 1 aromatic carbocycles. The quantitative estimate of drug-likeness (QED) is 0.787. The molecule has 0 aliphatic rings. The minimum Gasteiger partial charge on any atom is -0.395 e. The summed E-state index contributed by atoms with van der Waals surface area (Å²) in [5.74, 6) is -0.354. The van der Waals surface area contributed by atoms with Crippen molar-refractivity contribution in [2.24, 2.45) is 0 Å². The summed E-state index contributed by atoms with van der Waals surface area (Å²) in [6, 6.07) is 4.35. The van der Waals surface area contributed by atoms with E-state index < -0.39 is 13.0 Å². The van der Waals surface area contributed by atoms with Crippen LogP contribution in [-0.2, 0) is 0 Å². The van der Waals surface area contributed by atoms with Crippen molar-refractivity contribution in [2.45, 2.75) is 6.43 Å². The first-order valence-corrected chi connectivity index (χ1v) is 6.29. The van der Waals surface area contributed by atoms with E-state index in [9.17, 15) is 13.6 Å². The van der Waals surface area contributed by atoms with Gasteiger partial charge in [0, 0.05) is 12.1 Å². The van der Waals surface area contributed by atoms with Gasteiger partial charge >= 0.3 is 0 Å². The zero-order valence-corrected chi connectivity index (χ0v) is 11.5. The second kappa shape index (κ2) is 7.75. The molecule has 1 N–H and O–H groups in total. The van der Waals surface area contributed by atoms with Gasteiger partial charge in [0.05, 0.1) is 29.7 Å². The molecular weight excluding hydrogens is 299 g/mol. The van der Waals surface area contributed by atoms with Crippen molar-refractivity contribution in [1.82, 2.24) is 4.90 Å². The number of rotatable bonds is 7. The van der Waals surface area contributed by atoms with Crippen LogP contribution in [0.4, 0.5) is 8.78 Å². The molecule has 19 heavy (non-hydrogen) atoms. The number of carbonyl (C=O) groups is 1. The zero-order chi connectivity index (χ0) is 14.4. The van der Waals surface area contributed by atoms with Gasteiger partial charge in [0.2, 0.25) is 0 Å². The van der Waals surface area contributed by atoms with E-state index in [4.69, 9.17) is 28.3 Å². The van der Waals surface area contributed by atoms with E-state index in [2.05, 4.69) is 0 Å². The predicted octanol–water partition coefficient (Wildman–Crippen LogP) is 2.74. The average molecular weight is 312 g/mol. The number of hydrogen-bond donors (Lipinski definition) is 1. The number of ketones is 1. The minimum absolute atomic E-state index is 0.0113. The van der Waals surface area contributed by atoms with Crippen LogP contribution in [0.2, 0.25) is 10.0 Å². The smallest absolute Gasteiger partial charge is 0.251 e. The maximum Gasteiger partial charge on any atom is 0.251 e. The fourth-order valence-corrected chi connectivity index (χ4v) is 1.83. The molecule has 0 spiro atoms. The lowest BCUT2D eigenvalue weighted by molar-refractivity contribution is 0.0689. The van der Waals surface area contributed by atoms with E-state index in [1.807, 2.05) is 0 Å². The lowest BCUT2D eigenvalue weighted by Crippen LogP contribution is -2.36. The standard InChI is InChI=1S/C12H13Cl2F2NO2/c13-9-2-1-8(5-10(9)14)11(19)6-17(3-4-18)7-12(15)16/h1-2,5,12,18H,3-4,6-7H2. The van der Waals surface area contributed by atoms with E-state index in [1.165, 1.54) is 23.1 Å². The van der Waals surface area contributed by atoms with Gasteiger partial charge in [0.15, 0.2) is 5.78 Å². The molecule has 0 radical (unpaired) electrons. The maximum atomic E-state index is 12.3. The van der Waals surface area contributed by atoms with Gasteiger partial charge in [-0.3, -0.25) is 9.69 Å². The van der Waals surface area contributed by atoms with Crippen LogP contribution < -0.4 is 0 Å². The van der Waals surface area contributed by atoms with Gasteiger partial charge in [0.1, 0.15) is 0 Å². The molecule has 1 rings (SSSR count). The number of benzene rings is 1. The van der Waals surface area contributed by atoms with Gasteiger partial charge in [-0.2, -0.15) is 0 Å². The molecule has 1 aromatic rings. The lowest BCUT2D eigenvalue weighted by atomic mass is 10.1. The number of aliphatic hydroxyl groups is 1. The van der Waals surface area contributed by atoms with Gasteiger partial charge < -0.3 is 5.11 Å². The van der Waals surface area contributed by atoms with E-state index in [-0.39, 0.29) is 30.5 Å². The highest BCUT2D eigenvalue weighted by molar-refractivity contribution is 6.42. The number of Topliss-reactive ketones (excluding diaryl/α,β-unsaturated/α-hetero) is 1. The molecule has 7 heteroatoms. The zero-order valence-electron chi connectivity index (χ0n) is 9.95. The van der Waals surface area contributed by atoms with Crippen molar-refractivity contribution in [3.8, 4) is 0 Å². The summed E-state index contributed by atoms with van der Waals surface area (Å²) >= 11 is 11.5. The van der Waals surface area contributed by atoms with Crippen LogP contribution in [-0.4, -0.2) is 48.5 Å². The Bertz CT molecular complexity index is 444. The Labute approximate surface area is 119 Å². The summed E-state index contributed by atoms with van der Waals surface area (Å²) in [5.41, 5.74) is 0.298. The molecule has 0 aromatic heterocycles. The number of halogens is 4. The lowest BCUT2D eigenvalue weighted by Gasteiger charge is -2.19. The molecule has 0 atom stereocenters. The number of carbonyl (C=O) groups excluding carboxylic acids is 1. The molecule has 0 bridgehead atoms. The Kier molecular flexibility index (Phi) is 6.65. The second-order valence-corrected chi connectivity index (χ2v) is 4.72. The molecular formula is C12H13Cl2F2NO2. The van der Waals surface area contributed by atoms with Crippen molar-refractivity contribution in [1.29, 1.82) is 0 Å². The molecule has 0 saturated carbocycles. The Morgan fingerprint density at radius 2 is 2.00 bits per heavy atom. The summed E-state index contributed by atoms with van der Waals surface area (Å²) < 4.78 is 24.6. The number of alkyl halides is 2. The molecule has 3 nitrogen and oxygen atoms in total. The molecule has 0 aliphatic heterocycles. The van der Waals surface area contributed by atoms with Crippen LogP contribution >= 0.6 is 23.2 Å². The van der Waals surface area contributed by atoms with Crippen molar-refractivity contribution in [3.63, 3.8) is 0 Å². The summed E-state index contributed by atoms with van der Waals surface area (Å²) in [4.78, 5) is 13.1. The number of nitrogens with zero attached hydrogens (tertiary/aromatic N) is 1.